The van der Waals surface area contributed by atoms with Crippen molar-refractivity contribution in [3.8, 4) is 0 Å². The Kier molecular flexibility index (Phi) is 12.3. The topological polar surface area (TPSA) is 300 Å². The van der Waals surface area contributed by atoms with E-state index in [1.807, 2.05) is 0 Å². The van der Waals surface area contributed by atoms with Gasteiger partial charge in [0.25, 0.3) is 10.1 Å². The molecule has 0 unspecified atom stereocenters. The number of benzene rings is 2. The molecule has 8 N–H and O–H groups in total. The van der Waals surface area contributed by atoms with Crippen LogP contribution in [0, 0.1) is 0 Å². The molecule has 2 aromatic carbocycles. The maximum absolute atomic E-state index is 13.0. The predicted molar refractivity (Wildman–Crippen MR) is 184 cm³/mol. The SMILES string of the molecule is CC1(C)S[C@@H]2[C@H](NC(=O)[C@H](N)c3ccccc3)C(=O)N2[C@H]1C(=O)OCOC(=O)[C@@H]1N2C(=O)C[C@H]2S(=O)(=O)C1(C)C.O.O.O=S(=O)(O)c1ccccc1. The van der Waals surface area contributed by atoms with E-state index in [0.717, 1.165) is 4.90 Å². The second-order valence-electron chi connectivity index (χ2n) is 13.0. The fourth-order valence-electron chi connectivity index (χ4n) is 6.29. The molecule has 286 valence electrons. The third kappa shape index (κ3) is 7.38. The van der Waals surface area contributed by atoms with Gasteiger partial charge >= 0.3 is 11.9 Å². The third-order valence-corrected chi connectivity index (χ3v) is 14.3. The van der Waals surface area contributed by atoms with Gasteiger partial charge in [0.2, 0.25) is 24.5 Å². The van der Waals surface area contributed by atoms with Crippen molar-refractivity contribution in [2.45, 2.75) is 83.4 Å². The molecule has 6 atom stereocenters. The van der Waals surface area contributed by atoms with Crippen LogP contribution in [0.2, 0.25) is 0 Å². The van der Waals surface area contributed by atoms with Crippen LogP contribution in [0.1, 0.15) is 45.7 Å². The van der Waals surface area contributed by atoms with Crippen LogP contribution in [0.3, 0.4) is 0 Å². The minimum Gasteiger partial charge on any atom is -0.426 e. The summed E-state index contributed by atoms with van der Waals surface area (Å²) in [7, 11) is -7.80. The minimum atomic E-state index is -4.00. The molecule has 2 aromatic rings. The normalized spacial score (nSPS) is 26.2. The molecule has 0 spiro atoms. The van der Waals surface area contributed by atoms with E-state index in [1.165, 1.54) is 42.6 Å². The Morgan fingerprint density at radius 3 is 1.96 bits per heavy atom. The lowest BCUT2D eigenvalue weighted by molar-refractivity contribution is -0.181. The van der Waals surface area contributed by atoms with Crippen molar-refractivity contribution in [3.63, 3.8) is 0 Å². The van der Waals surface area contributed by atoms with Gasteiger partial charge in [0.05, 0.1) is 16.1 Å². The summed E-state index contributed by atoms with van der Waals surface area (Å²) in [5.41, 5.74) is 6.64. The van der Waals surface area contributed by atoms with Gasteiger partial charge in [0, 0.05) is 4.75 Å². The summed E-state index contributed by atoms with van der Waals surface area (Å²) in [6.07, 6.45) is -0.191. The summed E-state index contributed by atoms with van der Waals surface area (Å²) in [5.74, 6) is -3.32. The van der Waals surface area contributed by atoms with E-state index in [9.17, 15) is 40.8 Å². The highest BCUT2D eigenvalue weighted by Crippen LogP contribution is 2.51. The average molecular weight is 789 g/mol. The Bertz CT molecular complexity index is 1930. The number of thioether (sulfide) groups is 1. The maximum Gasteiger partial charge on any atom is 0.333 e. The fraction of sp³-hybridized carbons (Fsp3) is 0.452. The van der Waals surface area contributed by atoms with Gasteiger partial charge in [-0.2, -0.15) is 8.42 Å². The summed E-state index contributed by atoms with van der Waals surface area (Å²) >= 11 is 1.31. The number of fused-ring (bicyclic) bond motifs is 2. The summed E-state index contributed by atoms with van der Waals surface area (Å²) in [4.78, 5) is 65.8. The Balaban J connectivity index is 0.000000527. The first kappa shape index (κ1) is 42.3. The van der Waals surface area contributed by atoms with Crippen LogP contribution in [0.15, 0.2) is 65.6 Å². The van der Waals surface area contributed by atoms with Crippen molar-refractivity contribution in [3.05, 3.63) is 66.2 Å². The smallest absolute Gasteiger partial charge is 0.333 e. The highest BCUT2D eigenvalue weighted by Gasteiger charge is 2.68. The number of nitrogens with one attached hydrogen (secondary N) is 1. The molecule has 4 aliphatic heterocycles. The van der Waals surface area contributed by atoms with Gasteiger partial charge in [0.1, 0.15) is 34.9 Å². The number of esters is 2. The van der Waals surface area contributed by atoms with E-state index in [-0.39, 0.29) is 22.3 Å². The summed E-state index contributed by atoms with van der Waals surface area (Å²) < 4.78 is 62.5. The van der Waals surface area contributed by atoms with Crippen LogP contribution in [0.4, 0.5) is 0 Å². The molecule has 0 bridgehead atoms. The molecular weight excluding hydrogens is 749 g/mol. The molecule has 4 heterocycles. The van der Waals surface area contributed by atoms with Gasteiger partial charge in [-0.05, 0) is 45.4 Å². The van der Waals surface area contributed by atoms with Crippen molar-refractivity contribution in [2.75, 3.05) is 6.79 Å². The maximum atomic E-state index is 13.0. The first-order chi connectivity index (χ1) is 23.2. The molecule has 0 aromatic heterocycles. The van der Waals surface area contributed by atoms with E-state index in [0.29, 0.717) is 5.56 Å². The molecule has 0 radical (unpaired) electrons. The highest BCUT2D eigenvalue weighted by molar-refractivity contribution is 8.01. The van der Waals surface area contributed by atoms with E-state index in [4.69, 9.17) is 19.8 Å². The monoisotopic (exact) mass is 788 g/mol. The van der Waals surface area contributed by atoms with Crippen molar-refractivity contribution in [1.29, 1.82) is 0 Å². The first-order valence-electron chi connectivity index (χ1n) is 15.2. The fourth-order valence-corrected chi connectivity index (χ4v) is 10.5. The van der Waals surface area contributed by atoms with Gasteiger partial charge in [-0.1, -0.05) is 48.5 Å². The molecule has 21 heteroatoms. The van der Waals surface area contributed by atoms with Crippen molar-refractivity contribution < 1.29 is 65.8 Å². The lowest BCUT2D eigenvalue weighted by Crippen LogP contribution is -2.71. The number of nitrogens with two attached hydrogens (primary N) is 1. The number of sulfone groups is 1. The van der Waals surface area contributed by atoms with Crippen LogP contribution in [-0.4, -0.2) is 117 Å². The average Bonchev–Trinajstić information content (AvgIpc) is 3.38. The minimum absolute atomic E-state index is 0. The molecule has 0 saturated carbocycles. The van der Waals surface area contributed by atoms with Crippen LogP contribution >= 0.6 is 11.8 Å². The van der Waals surface area contributed by atoms with Gasteiger partial charge in [-0.3, -0.25) is 18.9 Å². The lowest BCUT2D eigenvalue weighted by atomic mass is 9.95. The lowest BCUT2D eigenvalue weighted by Gasteiger charge is -2.44. The zero-order valence-electron chi connectivity index (χ0n) is 28.3. The number of rotatable bonds is 8. The van der Waals surface area contributed by atoms with Gasteiger partial charge in [-0.15, -0.1) is 11.8 Å². The predicted octanol–water partition coefficient (Wildman–Crippen LogP) is -1.30. The summed E-state index contributed by atoms with van der Waals surface area (Å²) in [6.45, 7) is 5.37. The Morgan fingerprint density at radius 2 is 1.46 bits per heavy atom. The summed E-state index contributed by atoms with van der Waals surface area (Å²) in [5, 5.41) is 1.07. The Morgan fingerprint density at radius 1 is 0.942 bits per heavy atom. The zero-order valence-corrected chi connectivity index (χ0v) is 30.7. The van der Waals surface area contributed by atoms with Crippen molar-refractivity contribution in [1.82, 2.24) is 15.1 Å². The molecule has 4 aliphatic rings. The Hall–Kier alpha value is -4.12. The standard InChI is InChI=1S/C25H30N4O9S2.C6H6O3S.2H2O/c1-24(2)17(29-20(32)16(21(29)39-24)27-19(31)15(26)12-8-6-5-7-9-12)22(33)37-11-38-23(34)18-25(3,4)40(35,36)14-10-13(30)28(14)18;7-10(8,9)6-4-2-1-3-5-6;;/h5-9,14-18,21H,10-11,26H2,1-4H3,(H,27,31);1-5H,(H,7,8,9);2*1H2/t14-,15-,16-,17+,18+,21-;;;/m1.../s1. The number of β-lactam (4-membered cyclic amide) rings is 2. The van der Waals surface area contributed by atoms with E-state index >= 15 is 0 Å². The summed E-state index contributed by atoms with van der Waals surface area (Å²) in [6, 6.07) is 11.9. The molecule has 6 rings (SSSR count). The molecule has 0 aliphatic carbocycles. The zero-order chi connectivity index (χ0) is 37.0. The molecule has 52 heavy (non-hydrogen) atoms. The number of carbonyl (C=O) groups is 5. The van der Waals surface area contributed by atoms with E-state index < -0.39 is 101 Å². The van der Waals surface area contributed by atoms with Gasteiger partial charge < -0.3 is 41.3 Å². The van der Waals surface area contributed by atoms with Gasteiger partial charge in [0.15, 0.2) is 9.84 Å². The first-order valence-corrected chi connectivity index (χ1v) is 19.1. The quantitative estimate of drug-likeness (QED) is 0.121. The number of hydrogen-bond donors (Lipinski definition) is 3. The Labute approximate surface area is 303 Å². The van der Waals surface area contributed by atoms with E-state index in [1.54, 1.807) is 62.4 Å². The molecule has 3 amide bonds. The highest BCUT2D eigenvalue weighted by atomic mass is 32.2. The number of hydrogen-bond acceptors (Lipinski definition) is 13. The number of amides is 3. The number of nitrogens with zero attached hydrogens (tertiary/aromatic N) is 2. The van der Waals surface area contributed by atoms with Crippen LogP contribution in [0.25, 0.3) is 0 Å². The second-order valence-corrected chi connectivity index (χ2v) is 18.9. The van der Waals surface area contributed by atoms with Crippen LogP contribution < -0.4 is 11.1 Å². The largest absolute Gasteiger partial charge is 0.426 e. The molecule has 4 fully saturated rings. The number of carbonyl (C=O) groups excluding carboxylic acids is 5. The van der Waals surface area contributed by atoms with Crippen molar-refractivity contribution >= 4 is 61.4 Å². The molecular formula is C31H40N4O14S3. The van der Waals surface area contributed by atoms with Crippen LogP contribution in [-0.2, 0) is 53.4 Å². The van der Waals surface area contributed by atoms with E-state index in [2.05, 4.69) is 5.32 Å². The number of ether oxygens (including phenoxy) is 2. The van der Waals surface area contributed by atoms with Gasteiger partial charge in [-0.25, -0.2) is 18.0 Å². The molecule has 18 nitrogen and oxygen atoms in total. The molecule has 4 saturated heterocycles. The van der Waals surface area contributed by atoms with Crippen molar-refractivity contribution in [2.24, 2.45) is 5.73 Å². The van der Waals surface area contributed by atoms with Crippen LogP contribution in [0.5, 0.6) is 0 Å². The second kappa shape index (κ2) is 15.1. The third-order valence-electron chi connectivity index (χ3n) is 9.05.